The predicted molar refractivity (Wildman–Crippen MR) is 107 cm³/mol. The van der Waals surface area contributed by atoms with E-state index in [-0.39, 0.29) is 5.91 Å². The fraction of sp³-hybridized carbons (Fsp3) is 0.0870. The van der Waals surface area contributed by atoms with Crippen molar-refractivity contribution >= 4 is 16.8 Å². The van der Waals surface area contributed by atoms with Gasteiger partial charge in [0, 0.05) is 29.2 Å². The number of rotatable bonds is 6. The van der Waals surface area contributed by atoms with E-state index in [1.165, 1.54) is 10.9 Å². The molecule has 0 bridgehead atoms. The first-order valence-corrected chi connectivity index (χ1v) is 8.96. The van der Waals surface area contributed by atoms with E-state index in [1.54, 1.807) is 12.1 Å². The second-order valence-electron chi connectivity index (χ2n) is 6.31. The highest BCUT2D eigenvalue weighted by molar-refractivity contribution is 5.94. The number of aromatic nitrogens is 1. The third kappa shape index (κ3) is 4.01. The lowest BCUT2D eigenvalue weighted by Gasteiger charge is -2.08. The van der Waals surface area contributed by atoms with Crippen molar-refractivity contribution < 1.29 is 9.53 Å². The summed E-state index contributed by atoms with van der Waals surface area (Å²) in [6.07, 6.45) is 2.78. The monoisotopic (exact) mass is 356 g/mol. The zero-order chi connectivity index (χ0) is 18.5. The molecule has 0 saturated heterocycles. The number of H-pyrrole nitrogens is 1. The average molecular weight is 356 g/mol. The molecule has 0 fully saturated rings. The number of ether oxygens (including phenoxy) is 1. The maximum absolute atomic E-state index is 12.5. The third-order valence-corrected chi connectivity index (χ3v) is 4.43. The number of hydrogen-bond donors (Lipinski definition) is 2. The van der Waals surface area contributed by atoms with E-state index < -0.39 is 0 Å². The molecule has 4 heteroatoms. The molecule has 27 heavy (non-hydrogen) atoms. The van der Waals surface area contributed by atoms with Crippen molar-refractivity contribution in [1.82, 2.24) is 10.3 Å². The van der Waals surface area contributed by atoms with Gasteiger partial charge in [-0.2, -0.15) is 0 Å². The Bertz CT molecular complexity index is 1050. The summed E-state index contributed by atoms with van der Waals surface area (Å²) in [5, 5.41) is 4.18. The summed E-state index contributed by atoms with van der Waals surface area (Å²) in [4.78, 5) is 15.7. The average Bonchev–Trinajstić information content (AvgIpc) is 3.12. The molecule has 0 aliphatic carbocycles. The summed E-state index contributed by atoms with van der Waals surface area (Å²) in [5.41, 5.74) is 2.90. The standard InChI is InChI=1S/C23H20N2O2/c26-23(24-14-13-18-16-25-22-12-5-4-11-21(18)22)17-7-6-10-20(15-17)27-19-8-2-1-3-9-19/h1-12,15-16,25H,13-14H2,(H,24,26). The molecule has 0 radical (unpaired) electrons. The molecule has 3 aromatic carbocycles. The van der Waals surface area contributed by atoms with Crippen LogP contribution in [-0.2, 0) is 6.42 Å². The van der Waals surface area contributed by atoms with Gasteiger partial charge in [-0.15, -0.1) is 0 Å². The Morgan fingerprint density at radius 3 is 2.56 bits per heavy atom. The summed E-state index contributed by atoms with van der Waals surface area (Å²) in [6, 6.07) is 24.9. The second-order valence-corrected chi connectivity index (χ2v) is 6.31. The van der Waals surface area contributed by atoms with E-state index in [9.17, 15) is 4.79 Å². The molecule has 1 aromatic heterocycles. The molecule has 0 aliphatic rings. The molecule has 0 atom stereocenters. The Morgan fingerprint density at radius 1 is 0.889 bits per heavy atom. The van der Waals surface area contributed by atoms with Gasteiger partial charge in [0.05, 0.1) is 0 Å². The van der Waals surface area contributed by atoms with Crippen LogP contribution in [0.15, 0.2) is 85.1 Å². The quantitative estimate of drug-likeness (QED) is 0.514. The number of para-hydroxylation sites is 2. The molecule has 0 aliphatic heterocycles. The minimum Gasteiger partial charge on any atom is -0.457 e. The number of fused-ring (bicyclic) bond motifs is 1. The van der Waals surface area contributed by atoms with Gasteiger partial charge in [0.1, 0.15) is 11.5 Å². The van der Waals surface area contributed by atoms with Crippen molar-refractivity contribution in [3.05, 3.63) is 96.2 Å². The maximum Gasteiger partial charge on any atom is 0.251 e. The Labute approximate surface area is 157 Å². The summed E-state index contributed by atoms with van der Waals surface area (Å²) in [6.45, 7) is 0.574. The number of amides is 1. The maximum atomic E-state index is 12.5. The summed E-state index contributed by atoms with van der Waals surface area (Å²) in [7, 11) is 0. The van der Waals surface area contributed by atoms with Gasteiger partial charge in [0.25, 0.3) is 5.91 Å². The molecule has 1 amide bonds. The van der Waals surface area contributed by atoms with Gasteiger partial charge in [0.15, 0.2) is 0 Å². The summed E-state index contributed by atoms with van der Waals surface area (Å²) < 4.78 is 5.80. The first-order valence-electron chi connectivity index (χ1n) is 8.96. The first kappa shape index (κ1) is 16.9. The van der Waals surface area contributed by atoms with Gasteiger partial charge in [-0.05, 0) is 48.4 Å². The van der Waals surface area contributed by atoms with Gasteiger partial charge in [0.2, 0.25) is 0 Å². The van der Waals surface area contributed by atoms with Crippen LogP contribution >= 0.6 is 0 Å². The van der Waals surface area contributed by atoms with Gasteiger partial charge < -0.3 is 15.0 Å². The summed E-state index contributed by atoms with van der Waals surface area (Å²) in [5.74, 6) is 1.29. The van der Waals surface area contributed by atoms with Crippen LogP contribution in [-0.4, -0.2) is 17.4 Å². The highest BCUT2D eigenvalue weighted by Crippen LogP contribution is 2.22. The van der Waals surface area contributed by atoms with Crippen LogP contribution in [0.4, 0.5) is 0 Å². The molecule has 4 aromatic rings. The van der Waals surface area contributed by atoms with Gasteiger partial charge in [-0.25, -0.2) is 0 Å². The van der Waals surface area contributed by atoms with Crippen LogP contribution in [0.2, 0.25) is 0 Å². The van der Waals surface area contributed by atoms with E-state index in [0.717, 1.165) is 17.7 Å². The highest BCUT2D eigenvalue weighted by atomic mass is 16.5. The zero-order valence-electron chi connectivity index (χ0n) is 14.8. The van der Waals surface area contributed by atoms with E-state index >= 15 is 0 Å². The number of benzene rings is 3. The molecule has 4 rings (SSSR count). The largest absolute Gasteiger partial charge is 0.457 e. The van der Waals surface area contributed by atoms with Crippen LogP contribution in [0, 0.1) is 0 Å². The Kier molecular flexibility index (Phi) is 4.88. The number of aromatic amines is 1. The molecule has 2 N–H and O–H groups in total. The molecule has 1 heterocycles. The van der Waals surface area contributed by atoms with Gasteiger partial charge in [-0.3, -0.25) is 4.79 Å². The van der Waals surface area contributed by atoms with Crippen molar-refractivity contribution in [2.24, 2.45) is 0 Å². The van der Waals surface area contributed by atoms with Gasteiger partial charge in [-0.1, -0.05) is 42.5 Å². The van der Waals surface area contributed by atoms with E-state index in [1.807, 2.05) is 60.8 Å². The normalized spacial score (nSPS) is 10.7. The lowest BCUT2D eigenvalue weighted by Crippen LogP contribution is -2.25. The van der Waals surface area contributed by atoms with Crippen molar-refractivity contribution in [3.8, 4) is 11.5 Å². The minimum absolute atomic E-state index is 0.103. The van der Waals surface area contributed by atoms with Crippen LogP contribution < -0.4 is 10.1 Å². The predicted octanol–water partition coefficient (Wildman–Crippen LogP) is 4.93. The zero-order valence-corrected chi connectivity index (χ0v) is 14.8. The minimum atomic E-state index is -0.103. The Balaban J connectivity index is 1.37. The molecule has 0 saturated carbocycles. The van der Waals surface area contributed by atoms with Crippen LogP contribution in [0.1, 0.15) is 15.9 Å². The number of nitrogens with one attached hydrogen (secondary N) is 2. The van der Waals surface area contributed by atoms with Crippen LogP contribution in [0.3, 0.4) is 0 Å². The molecule has 0 spiro atoms. The molecule has 4 nitrogen and oxygen atoms in total. The fourth-order valence-corrected chi connectivity index (χ4v) is 3.08. The van der Waals surface area contributed by atoms with Crippen LogP contribution in [0.25, 0.3) is 10.9 Å². The van der Waals surface area contributed by atoms with Crippen molar-refractivity contribution in [2.45, 2.75) is 6.42 Å². The van der Waals surface area contributed by atoms with E-state index in [2.05, 4.69) is 22.4 Å². The Hall–Kier alpha value is -3.53. The highest BCUT2D eigenvalue weighted by Gasteiger charge is 2.08. The van der Waals surface area contributed by atoms with Crippen molar-refractivity contribution in [3.63, 3.8) is 0 Å². The topological polar surface area (TPSA) is 54.1 Å². The number of carbonyl (C=O) groups is 1. The lowest BCUT2D eigenvalue weighted by molar-refractivity contribution is 0.0954. The van der Waals surface area contributed by atoms with Gasteiger partial charge >= 0.3 is 0 Å². The van der Waals surface area contributed by atoms with E-state index in [0.29, 0.717) is 17.9 Å². The first-order chi connectivity index (χ1) is 13.3. The number of carbonyl (C=O) groups excluding carboxylic acids is 1. The molecular weight excluding hydrogens is 336 g/mol. The van der Waals surface area contributed by atoms with Crippen molar-refractivity contribution in [1.29, 1.82) is 0 Å². The number of hydrogen-bond acceptors (Lipinski definition) is 2. The molecule has 134 valence electrons. The fourth-order valence-electron chi connectivity index (χ4n) is 3.08. The second kappa shape index (κ2) is 7.79. The lowest BCUT2D eigenvalue weighted by atomic mass is 10.1. The molecular formula is C23H20N2O2. The summed E-state index contributed by atoms with van der Waals surface area (Å²) >= 11 is 0. The van der Waals surface area contributed by atoms with E-state index in [4.69, 9.17) is 4.74 Å². The van der Waals surface area contributed by atoms with Crippen LogP contribution in [0.5, 0.6) is 11.5 Å². The third-order valence-electron chi connectivity index (χ3n) is 4.43. The SMILES string of the molecule is O=C(NCCc1c[nH]c2ccccc12)c1cccc(Oc2ccccc2)c1. The smallest absolute Gasteiger partial charge is 0.251 e. The van der Waals surface area contributed by atoms with Crippen molar-refractivity contribution in [2.75, 3.05) is 6.54 Å². The molecule has 0 unspecified atom stereocenters. The Morgan fingerprint density at radius 2 is 1.67 bits per heavy atom.